The van der Waals surface area contributed by atoms with Crippen molar-refractivity contribution >= 4 is 34.3 Å². The molecule has 0 aromatic carbocycles. The number of aliphatic carboxylic acids is 1. The summed E-state index contributed by atoms with van der Waals surface area (Å²) in [4.78, 5) is 10.3. The van der Waals surface area contributed by atoms with Crippen molar-refractivity contribution in [1.82, 2.24) is 0 Å². The van der Waals surface area contributed by atoms with Crippen molar-refractivity contribution in [3.8, 4) is 0 Å². The first-order valence-corrected chi connectivity index (χ1v) is 3.37. The minimum atomic E-state index is -0.719. The highest BCUT2D eigenvalue weighted by molar-refractivity contribution is 9.10. The van der Waals surface area contributed by atoms with Gasteiger partial charge in [-0.1, -0.05) is 15.9 Å². The van der Waals surface area contributed by atoms with Gasteiger partial charge in [0.2, 0.25) is 0 Å². The summed E-state index contributed by atoms with van der Waals surface area (Å²) in [6.45, 7) is 0. The van der Waals surface area contributed by atoms with Crippen LogP contribution in [-0.4, -0.2) is 15.4 Å². The zero-order valence-electron chi connectivity index (χ0n) is 4.76. The molecule has 4 heteroatoms. The summed E-state index contributed by atoms with van der Waals surface area (Å²) >= 11 is 3.13. The molecule has 0 heterocycles. The van der Waals surface area contributed by atoms with Gasteiger partial charge in [-0.05, 0) is 19.3 Å². The first kappa shape index (κ1) is 9.24. The number of alkyl halides is 1. The molecule has 1 fully saturated rings. The summed E-state index contributed by atoms with van der Waals surface area (Å²) in [7, 11) is 0. The molecule has 1 aliphatic carbocycles. The van der Waals surface area contributed by atoms with E-state index in [9.17, 15) is 4.79 Å². The molecule has 2 nitrogen and oxygen atoms in total. The van der Waals surface area contributed by atoms with Gasteiger partial charge in [-0.15, -0.1) is 12.4 Å². The van der Waals surface area contributed by atoms with E-state index in [1.54, 1.807) is 0 Å². The molecule has 0 saturated heterocycles. The van der Waals surface area contributed by atoms with Gasteiger partial charge in [0.1, 0.15) is 4.32 Å². The van der Waals surface area contributed by atoms with Crippen LogP contribution in [0.3, 0.4) is 0 Å². The summed E-state index contributed by atoms with van der Waals surface area (Å²) in [5.74, 6) is -0.719. The molecule has 0 aliphatic heterocycles. The highest BCUT2D eigenvalue weighted by Gasteiger charge is 2.41. The summed E-state index contributed by atoms with van der Waals surface area (Å²) in [6.07, 6.45) is 2.60. The number of hydrogen-bond acceptors (Lipinski definition) is 1. The largest absolute Gasteiger partial charge is 0.480 e. The van der Waals surface area contributed by atoms with Gasteiger partial charge in [0.15, 0.2) is 0 Å². The molecule has 9 heavy (non-hydrogen) atoms. The number of carbonyl (C=O) groups is 1. The maximum atomic E-state index is 10.3. The minimum absolute atomic E-state index is 0. The van der Waals surface area contributed by atoms with Crippen LogP contribution in [0.15, 0.2) is 0 Å². The summed E-state index contributed by atoms with van der Waals surface area (Å²) in [5, 5.41) is 8.45. The predicted molar refractivity (Wildman–Crippen MR) is 40.4 cm³/mol. The van der Waals surface area contributed by atoms with Crippen LogP contribution < -0.4 is 0 Å². The second-order valence-corrected chi connectivity index (χ2v) is 3.64. The van der Waals surface area contributed by atoms with Gasteiger partial charge in [-0.25, -0.2) is 0 Å². The van der Waals surface area contributed by atoms with Gasteiger partial charge in [0, 0.05) is 0 Å². The Morgan fingerprint density at radius 1 is 1.56 bits per heavy atom. The van der Waals surface area contributed by atoms with Crippen molar-refractivity contribution in [2.45, 2.75) is 23.6 Å². The van der Waals surface area contributed by atoms with Gasteiger partial charge in [0.25, 0.3) is 0 Å². The molecule has 1 aliphatic rings. The third-order valence-electron chi connectivity index (χ3n) is 1.53. The Kier molecular flexibility index (Phi) is 2.96. The van der Waals surface area contributed by atoms with E-state index in [2.05, 4.69) is 15.9 Å². The van der Waals surface area contributed by atoms with E-state index < -0.39 is 10.3 Å². The SMILES string of the molecule is Cl.O=C(O)C1(Br)CCC1. The predicted octanol–water partition coefficient (Wildman–Crippen LogP) is 1.81. The fourth-order valence-electron chi connectivity index (χ4n) is 0.701. The molecule has 0 amide bonds. The number of carboxylic acid groups (broad SMARTS) is 1. The Bertz CT molecular complexity index is 122. The van der Waals surface area contributed by atoms with Crippen LogP contribution in [0, 0.1) is 0 Å². The lowest BCUT2D eigenvalue weighted by Gasteiger charge is -2.30. The van der Waals surface area contributed by atoms with Crippen molar-refractivity contribution < 1.29 is 9.90 Å². The molecule has 0 atom stereocenters. The molecule has 0 bridgehead atoms. The molecule has 1 N–H and O–H groups in total. The average Bonchev–Trinajstić information content (AvgIpc) is 1.60. The van der Waals surface area contributed by atoms with Crippen LogP contribution in [-0.2, 0) is 4.79 Å². The van der Waals surface area contributed by atoms with Gasteiger partial charge in [0.05, 0.1) is 0 Å². The smallest absolute Gasteiger partial charge is 0.320 e. The minimum Gasteiger partial charge on any atom is -0.480 e. The Hall–Kier alpha value is 0.240. The van der Waals surface area contributed by atoms with Crippen LogP contribution in [0.4, 0.5) is 0 Å². The number of halogens is 2. The summed E-state index contributed by atoms with van der Waals surface area (Å²) < 4.78 is -0.549. The Morgan fingerprint density at radius 3 is 2.00 bits per heavy atom. The first-order chi connectivity index (χ1) is 3.65. The molecule has 1 saturated carbocycles. The van der Waals surface area contributed by atoms with Crippen molar-refractivity contribution in [1.29, 1.82) is 0 Å². The number of carboxylic acids is 1. The van der Waals surface area contributed by atoms with E-state index in [0.717, 1.165) is 19.3 Å². The second-order valence-electron chi connectivity index (χ2n) is 2.12. The summed E-state index contributed by atoms with van der Waals surface area (Å²) in [5.41, 5.74) is 0. The first-order valence-electron chi connectivity index (χ1n) is 2.57. The topological polar surface area (TPSA) is 37.3 Å². The van der Waals surface area contributed by atoms with E-state index in [-0.39, 0.29) is 12.4 Å². The molecular weight excluding hydrogens is 207 g/mol. The van der Waals surface area contributed by atoms with Crippen molar-refractivity contribution in [3.05, 3.63) is 0 Å². The van der Waals surface area contributed by atoms with Crippen molar-refractivity contribution in [2.75, 3.05) is 0 Å². The Morgan fingerprint density at radius 2 is 2.00 bits per heavy atom. The van der Waals surface area contributed by atoms with E-state index >= 15 is 0 Å². The molecular formula is C5H8BrClO2. The van der Waals surface area contributed by atoms with E-state index in [1.807, 2.05) is 0 Å². The lowest BCUT2D eigenvalue weighted by atomic mass is 9.85. The Labute approximate surface area is 68.2 Å². The van der Waals surface area contributed by atoms with Crippen LogP contribution >= 0.6 is 28.3 Å². The standard InChI is InChI=1S/C5H7BrO2.ClH/c6-5(4(7)8)2-1-3-5;/h1-3H2,(H,7,8);1H. The lowest BCUT2D eigenvalue weighted by molar-refractivity contribution is -0.141. The lowest BCUT2D eigenvalue weighted by Crippen LogP contribution is -2.38. The van der Waals surface area contributed by atoms with Crippen molar-refractivity contribution in [3.63, 3.8) is 0 Å². The average molecular weight is 215 g/mol. The molecule has 54 valence electrons. The fraction of sp³-hybridized carbons (Fsp3) is 0.800. The normalized spacial score (nSPS) is 21.4. The Balaban J connectivity index is 0.000000640. The zero-order valence-corrected chi connectivity index (χ0v) is 7.17. The summed E-state index contributed by atoms with van der Waals surface area (Å²) in [6, 6.07) is 0. The molecule has 0 aromatic heterocycles. The van der Waals surface area contributed by atoms with Crippen LogP contribution in [0.5, 0.6) is 0 Å². The van der Waals surface area contributed by atoms with Gasteiger partial charge in [-0.3, -0.25) is 4.79 Å². The quantitative estimate of drug-likeness (QED) is 0.678. The molecule has 0 spiro atoms. The molecule has 0 unspecified atom stereocenters. The van der Waals surface area contributed by atoms with E-state index in [1.165, 1.54) is 0 Å². The third-order valence-corrected chi connectivity index (χ3v) is 2.66. The fourth-order valence-corrected chi connectivity index (χ4v) is 1.26. The maximum absolute atomic E-state index is 10.3. The van der Waals surface area contributed by atoms with Crippen molar-refractivity contribution in [2.24, 2.45) is 0 Å². The van der Waals surface area contributed by atoms with E-state index in [4.69, 9.17) is 5.11 Å². The number of hydrogen-bond donors (Lipinski definition) is 1. The third kappa shape index (κ3) is 1.58. The highest BCUT2D eigenvalue weighted by atomic mass is 79.9. The van der Waals surface area contributed by atoms with Crippen LogP contribution in [0.25, 0.3) is 0 Å². The molecule has 0 aromatic rings. The van der Waals surface area contributed by atoms with Crippen LogP contribution in [0.2, 0.25) is 0 Å². The molecule has 1 rings (SSSR count). The van der Waals surface area contributed by atoms with Gasteiger partial charge >= 0.3 is 5.97 Å². The zero-order chi connectivity index (χ0) is 6.20. The second kappa shape index (κ2) is 2.88. The number of rotatable bonds is 1. The highest BCUT2D eigenvalue weighted by Crippen LogP contribution is 2.39. The maximum Gasteiger partial charge on any atom is 0.320 e. The monoisotopic (exact) mass is 214 g/mol. The molecule has 0 radical (unpaired) electrons. The van der Waals surface area contributed by atoms with Gasteiger partial charge in [-0.2, -0.15) is 0 Å². The van der Waals surface area contributed by atoms with E-state index in [0.29, 0.717) is 0 Å². The van der Waals surface area contributed by atoms with Crippen LogP contribution in [0.1, 0.15) is 19.3 Å². The van der Waals surface area contributed by atoms with Gasteiger partial charge < -0.3 is 5.11 Å².